The van der Waals surface area contributed by atoms with Crippen molar-refractivity contribution in [2.24, 2.45) is 4.99 Å². The Morgan fingerprint density at radius 3 is 2.87 bits per heavy atom. The predicted molar refractivity (Wildman–Crippen MR) is 112 cm³/mol. The number of hydrogen-bond donors (Lipinski definition) is 3. The third kappa shape index (κ3) is 6.45. The van der Waals surface area contributed by atoms with E-state index in [-0.39, 0.29) is 18.6 Å². The molecule has 1 atom stereocenters. The van der Waals surface area contributed by atoms with Crippen molar-refractivity contribution in [1.82, 2.24) is 20.3 Å². The van der Waals surface area contributed by atoms with E-state index in [1.165, 1.54) is 0 Å². The Balaban J connectivity index is 1.50. The zero-order chi connectivity index (χ0) is 22.2. The number of ether oxygens (including phenoxy) is 2. The topological polar surface area (TPSA) is 142 Å². The number of nitrogens with zero attached hydrogens (tertiary/aromatic N) is 5. The molecular weight excluding hydrogens is 476 g/mol. The largest absolute Gasteiger partial charge is 0.510 e. The molecule has 31 heavy (non-hydrogen) atoms. The smallest absolute Gasteiger partial charge is 0.434 e. The van der Waals surface area contributed by atoms with Gasteiger partial charge in [0.15, 0.2) is 6.23 Å². The maximum atomic E-state index is 11.9. The Morgan fingerprint density at radius 2 is 2.06 bits per heavy atom. The van der Waals surface area contributed by atoms with Crippen molar-refractivity contribution in [2.75, 3.05) is 31.6 Å². The Kier molecular flexibility index (Phi) is 8.31. The Hall–Kier alpha value is -2.58. The molecule has 13 heteroatoms. The van der Waals surface area contributed by atoms with Crippen LogP contribution in [-0.4, -0.2) is 75.3 Å². The minimum atomic E-state index is -0.798. The van der Waals surface area contributed by atoms with Crippen molar-refractivity contribution in [2.45, 2.75) is 26.0 Å². The number of nitrogens with one attached hydrogen (secondary N) is 1. The standard InChI is InChI=1S/C18H23BrN6O6/c1-12(31-18(26)29-10-2-3-11-30-25(27)28)24-9-8-22-17(24)23-13-4-5-14-16(15(13)19)21-7-6-20-14/h4-7,12,27-28H,2-3,8-11H2,1H3,(H,22,23). The fraction of sp³-hybridized carbons (Fsp3) is 0.444. The number of carbonyl (C=O) groups is 1. The Labute approximate surface area is 186 Å². The normalized spacial score (nSPS) is 14.6. The van der Waals surface area contributed by atoms with Crippen LogP contribution in [0.5, 0.6) is 0 Å². The van der Waals surface area contributed by atoms with E-state index < -0.39 is 12.4 Å². The molecule has 0 aliphatic carbocycles. The van der Waals surface area contributed by atoms with Crippen LogP contribution in [0.3, 0.4) is 0 Å². The highest BCUT2D eigenvalue weighted by molar-refractivity contribution is 9.10. The zero-order valence-corrected chi connectivity index (χ0v) is 18.4. The minimum Gasteiger partial charge on any atom is -0.434 e. The summed E-state index contributed by atoms with van der Waals surface area (Å²) in [5, 5.41) is 19.7. The summed E-state index contributed by atoms with van der Waals surface area (Å²) in [6, 6.07) is 3.73. The molecule has 1 aromatic carbocycles. The summed E-state index contributed by atoms with van der Waals surface area (Å²) in [4.78, 5) is 31.2. The fourth-order valence-electron chi connectivity index (χ4n) is 2.89. The zero-order valence-electron chi connectivity index (χ0n) is 16.8. The van der Waals surface area contributed by atoms with Crippen molar-refractivity contribution in [3.63, 3.8) is 0 Å². The summed E-state index contributed by atoms with van der Waals surface area (Å²) >= 11 is 3.56. The monoisotopic (exact) mass is 498 g/mol. The second kappa shape index (κ2) is 11.2. The second-order valence-electron chi connectivity index (χ2n) is 6.48. The van der Waals surface area contributed by atoms with Crippen molar-refractivity contribution in [1.29, 1.82) is 0 Å². The summed E-state index contributed by atoms with van der Waals surface area (Å²) in [6.07, 6.45) is 2.81. The number of guanidine groups is 1. The van der Waals surface area contributed by atoms with Gasteiger partial charge in [0.2, 0.25) is 5.96 Å². The maximum Gasteiger partial charge on any atom is 0.510 e. The number of fused-ring (bicyclic) bond motifs is 1. The molecule has 1 aromatic heterocycles. The maximum absolute atomic E-state index is 11.9. The number of halogens is 1. The van der Waals surface area contributed by atoms with Gasteiger partial charge in [-0.2, -0.15) is 0 Å². The molecule has 0 radical (unpaired) electrons. The summed E-state index contributed by atoms with van der Waals surface area (Å²) in [5.74, 6) is 0.568. The SMILES string of the molecule is CC(OC(=O)OCCCCON(O)O)N1CCN=C1Nc1ccc2nccnc2c1Br. The molecule has 1 aliphatic rings. The van der Waals surface area contributed by atoms with Crippen molar-refractivity contribution >= 4 is 44.8 Å². The van der Waals surface area contributed by atoms with Crippen LogP contribution in [0.1, 0.15) is 19.8 Å². The van der Waals surface area contributed by atoms with Crippen LogP contribution < -0.4 is 5.32 Å². The van der Waals surface area contributed by atoms with Crippen LogP contribution in [0.2, 0.25) is 0 Å². The van der Waals surface area contributed by atoms with Gasteiger partial charge in [0, 0.05) is 18.9 Å². The van der Waals surface area contributed by atoms with Crippen LogP contribution in [0.25, 0.3) is 11.0 Å². The number of anilines is 1. The quantitative estimate of drug-likeness (QED) is 0.266. The lowest BCUT2D eigenvalue weighted by Gasteiger charge is -2.27. The number of benzene rings is 1. The van der Waals surface area contributed by atoms with Gasteiger partial charge in [-0.25, -0.2) is 4.79 Å². The van der Waals surface area contributed by atoms with Crippen molar-refractivity contribution in [3.8, 4) is 0 Å². The highest BCUT2D eigenvalue weighted by atomic mass is 79.9. The molecule has 0 amide bonds. The first kappa shape index (κ1) is 23.1. The minimum absolute atomic E-state index is 0.0804. The third-order valence-corrected chi connectivity index (χ3v) is 5.17. The van der Waals surface area contributed by atoms with Gasteiger partial charge in [-0.05, 0) is 47.8 Å². The molecule has 12 nitrogen and oxygen atoms in total. The summed E-state index contributed by atoms with van der Waals surface area (Å²) in [5.41, 5.74) is 2.25. The second-order valence-corrected chi connectivity index (χ2v) is 7.28. The first-order valence-corrected chi connectivity index (χ1v) is 10.4. The van der Waals surface area contributed by atoms with Gasteiger partial charge < -0.3 is 19.7 Å². The molecule has 0 bridgehead atoms. The van der Waals surface area contributed by atoms with Gasteiger partial charge in [-0.1, -0.05) is 0 Å². The van der Waals surface area contributed by atoms with Gasteiger partial charge in [-0.15, -0.1) is 0 Å². The molecule has 3 rings (SSSR count). The molecule has 1 aliphatic heterocycles. The highest BCUT2D eigenvalue weighted by Crippen LogP contribution is 2.29. The third-order valence-electron chi connectivity index (χ3n) is 4.37. The molecule has 2 aromatic rings. The molecular formula is C18H23BrN6O6. The molecule has 0 fully saturated rings. The van der Waals surface area contributed by atoms with Crippen LogP contribution in [0, 0.1) is 0 Å². The Morgan fingerprint density at radius 1 is 1.29 bits per heavy atom. The molecule has 168 valence electrons. The summed E-state index contributed by atoms with van der Waals surface area (Å²) in [7, 11) is 0. The lowest BCUT2D eigenvalue weighted by molar-refractivity contribution is -0.492. The van der Waals surface area contributed by atoms with E-state index in [2.05, 4.69) is 41.0 Å². The predicted octanol–water partition coefficient (Wildman–Crippen LogP) is 2.77. The first-order chi connectivity index (χ1) is 15.0. The highest BCUT2D eigenvalue weighted by Gasteiger charge is 2.26. The average molecular weight is 499 g/mol. The molecule has 0 saturated heterocycles. The number of rotatable bonds is 9. The lowest BCUT2D eigenvalue weighted by atomic mass is 10.2. The average Bonchev–Trinajstić information content (AvgIpc) is 3.21. The lowest BCUT2D eigenvalue weighted by Crippen LogP contribution is -2.42. The van der Waals surface area contributed by atoms with E-state index >= 15 is 0 Å². The molecule has 0 spiro atoms. The van der Waals surface area contributed by atoms with Crippen LogP contribution in [0.4, 0.5) is 10.5 Å². The van der Waals surface area contributed by atoms with Gasteiger partial charge in [0.1, 0.15) is 5.52 Å². The van der Waals surface area contributed by atoms with Gasteiger partial charge in [0.25, 0.3) is 0 Å². The van der Waals surface area contributed by atoms with E-state index in [0.717, 1.165) is 21.2 Å². The van der Waals surface area contributed by atoms with Gasteiger partial charge >= 0.3 is 6.16 Å². The Bertz CT molecular complexity index is 930. The fourth-order valence-corrected chi connectivity index (χ4v) is 3.43. The first-order valence-electron chi connectivity index (χ1n) is 9.57. The van der Waals surface area contributed by atoms with Crippen molar-refractivity contribution < 1.29 is 29.5 Å². The molecule has 1 unspecified atom stereocenters. The summed E-state index contributed by atoms with van der Waals surface area (Å²) in [6.45, 7) is 3.07. The van der Waals surface area contributed by atoms with Gasteiger partial charge in [0.05, 0.1) is 40.8 Å². The molecule has 3 N–H and O–H groups in total. The summed E-state index contributed by atoms with van der Waals surface area (Å²) < 4.78 is 11.1. The van der Waals surface area contributed by atoms with Crippen LogP contribution in [-0.2, 0) is 14.3 Å². The number of aromatic nitrogens is 2. The van der Waals surface area contributed by atoms with Crippen molar-refractivity contribution in [3.05, 3.63) is 29.0 Å². The van der Waals surface area contributed by atoms with E-state index in [4.69, 9.17) is 19.9 Å². The number of unbranched alkanes of at least 4 members (excludes halogenated alkanes) is 1. The van der Waals surface area contributed by atoms with Crippen LogP contribution in [0.15, 0.2) is 34.0 Å². The van der Waals surface area contributed by atoms with E-state index in [1.807, 2.05) is 17.0 Å². The van der Waals surface area contributed by atoms with Gasteiger partial charge in [-0.3, -0.25) is 30.2 Å². The molecule has 0 saturated carbocycles. The van der Waals surface area contributed by atoms with E-state index in [9.17, 15) is 4.79 Å². The van der Waals surface area contributed by atoms with E-state index in [0.29, 0.717) is 31.9 Å². The number of aliphatic imine (C=N–C) groups is 1. The number of carbonyl (C=O) groups excluding carboxylic acids is 1. The van der Waals surface area contributed by atoms with E-state index in [1.54, 1.807) is 19.3 Å². The van der Waals surface area contributed by atoms with Crippen LogP contribution >= 0.6 is 15.9 Å². The number of hydrogen-bond acceptors (Lipinski definition) is 12. The molecule has 2 heterocycles.